The molecule has 0 unspecified atom stereocenters. The molecule has 0 saturated heterocycles. The van der Waals surface area contributed by atoms with Crippen molar-refractivity contribution in [3.8, 4) is 0 Å². The van der Waals surface area contributed by atoms with E-state index in [9.17, 15) is 4.39 Å². The highest BCUT2D eigenvalue weighted by molar-refractivity contribution is 7.13. The van der Waals surface area contributed by atoms with Crippen LogP contribution in [0.3, 0.4) is 0 Å². The molecule has 1 N–H and O–H groups in total. The van der Waals surface area contributed by atoms with Crippen molar-refractivity contribution in [2.45, 2.75) is 13.3 Å². The lowest BCUT2D eigenvalue weighted by Gasteiger charge is -2.06. The Balaban J connectivity index is 1.90. The van der Waals surface area contributed by atoms with Gasteiger partial charge >= 0.3 is 0 Å². The maximum Gasteiger partial charge on any atom is 0.182 e. The Kier molecular flexibility index (Phi) is 3.51. The molecule has 0 radical (unpaired) electrons. The van der Waals surface area contributed by atoms with Crippen LogP contribution in [0.5, 0.6) is 0 Å². The molecule has 4 heteroatoms. The van der Waals surface area contributed by atoms with Crippen LogP contribution in [0.25, 0.3) is 0 Å². The smallest absolute Gasteiger partial charge is 0.182 e. The third kappa shape index (κ3) is 2.79. The average Bonchev–Trinajstić information content (AvgIpc) is 2.74. The first-order valence-corrected chi connectivity index (χ1v) is 6.02. The van der Waals surface area contributed by atoms with Crippen molar-refractivity contribution < 1.29 is 4.39 Å². The lowest BCUT2D eigenvalue weighted by Crippen LogP contribution is -2.05. The van der Waals surface area contributed by atoms with Crippen molar-refractivity contribution in [2.75, 3.05) is 11.9 Å². The summed E-state index contributed by atoms with van der Waals surface area (Å²) >= 11 is 1.58. The number of aryl methyl sites for hydroxylation is 1. The number of hydrogen-bond acceptors (Lipinski definition) is 3. The highest BCUT2D eigenvalue weighted by Crippen LogP contribution is 2.13. The Bertz CT molecular complexity index is 454. The first kappa shape index (κ1) is 11.1. The van der Waals surface area contributed by atoms with Gasteiger partial charge in [0.2, 0.25) is 0 Å². The number of anilines is 1. The molecule has 0 saturated carbocycles. The largest absolute Gasteiger partial charge is 0.361 e. The molecule has 16 heavy (non-hydrogen) atoms. The van der Waals surface area contributed by atoms with Crippen molar-refractivity contribution in [2.24, 2.45) is 0 Å². The van der Waals surface area contributed by atoms with Crippen molar-refractivity contribution in [3.63, 3.8) is 0 Å². The van der Waals surface area contributed by atoms with E-state index in [-0.39, 0.29) is 5.82 Å². The molecule has 1 aromatic heterocycles. The van der Waals surface area contributed by atoms with Crippen LogP contribution in [-0.2, 0) is 6.42 Å². The van der Waals surface area contributed by atoms with Crippen LogP contribution in [0.15, 0.2) is 29.8 Å². The molecule has 2 rings (SSSR count). The fraction of sp³-hybridized carbons (Fsp3) is 0.250. The molecule has 1 aromatic carbocycles. The fourth-order valence-corrected chi connectivity index (χ4v) is 2.11. The molecule has 2 nitrogen and oxygen atoms in total. The molecule has 1 heterocycles. The minimum Gasteiger partial charge on any atom is -0.361 e. The van der Waals surface area contributed by atoms with Crippen LogP contribution in [0.2, 0.25) is 0 Å². The highest BCUT2D eigenvalue weighted by atomic mass is 32.1. The second-order valence-corrected chi connectivity index (χ2v) is 4.48. The molecule has 0 bridgehead atoms. The third-order valence-electron chi connectivity index (χ3n) is 2.41. The van der Waals surface area contributed by atoms with Crippen LogP contribution in [0, 0.1) is 12.7 Å². The number of rotatable bonds is 4. The molecular formula is C12H13FN2S. The zero-order valence-corrected chi connectivity index (χ0v) is 9.85. The zero-order chi connectivity index (χ0) is 11.4. The Hall–Kier alpha value is -1.42. The lowest BCUT2D eigenvalue weighted by molar-refractivity contribution is 0.625. The van der Waals surface area contributed by atoms with Gasteiger partial charge in [-0.1, -0.05) is 6.07 Å². The van der Waals surface area contributed by atoms with Gasteiger partial charge in [0, 0.05) is 18.1 Å². The second kappa shape index (κ2) is 5.07. The Morgan fingerprint density at radius 3 is 3.00 bits per heavy atom. The van der Waals surface area contributed by atoms with Gasteiger partial charge in [-0.05, 0) is 36.6 Å². The van der Waals surface area contributed by atoms with Gasteiger partial charge in [0.15, 0.2) is 5.13 Å². The first-order valence-electron chi connectivity index (χ1n) is 5.14. The maximum atomic E-state index is 12.9. The summed E-state index contributed by atoms with van der Waals surface area (Å²) < 4.78 is 12.9. The van der Waals surface area contributed by atoms with Crippen LogP contribution < -0.4 is 5.32 Å². The molecule has 0 aliphatic heterocycles. The first-order chi connectivity index (χ1) is 7.75. The van der Waals surface area contributed by atoms with Gasteiger partial charge in [-0.25, -0.2) is 9.37 Å². The SMILES string of the molecule is Cc1cc(F)ccc1CCNc1nccs1. The van der Waals surface area contributed by atoms with Gasteiger partial charge in [-0.15, -0.1) is 11.3 Å². The summed E-state index contributed by atoms with van der Waals surface area (Å²) in [6, 6.07) is 4.92. The van der Waals surface area contributed by atoms with E-state index in [1.54, 1.807) is 23.6 Å². The minimum absolute atomic E-state index is 0.172. The summed E-state index contributed by atoms with van der Waals surface area (Å²) in [5.41, 5.74) is 2.17. The number of aromatic nitrogens is 1. The monoisotopic (exact) mass is 236 g/mol. The molecule has 0 fully saturated rings. The van der Waals surface area contributed by atoms with Crippen molar-refractivity contribution in [1.29, 1.82) is 0 Å². The second-order valence-electron chi connectivity index (χ2n) is 3.58. The van der Waals surface area contributed by atoms with Crippen molar-refractivity contribution in [1.82, 2.24) is 4.98 Å². The fourth-order valence-electron chi connectivity index (χ4n) is 1.55. The summed E-state index contributed by atoms with van der Waals surface area (Å²) in [5.74, 6) is -0.172. The van der Waals surface area contributed by atoms with E-state index >= 15 is 0 Å². The highest BCUT2D eigenvalue weighted by Gasteiger charge is 2.00. The number of nitrogens with zero attached hydrogens (tertiary/aromatic N) is 1. The lowest BCUT2D eigenvalue weighted by atomic mass is 10.1. The van der Waals surface area contributed by atoms with Gasteiger partial charge in [0.25, 0.3) is 0 Å². The predicted molar refractivity (Wildman–Crippen MR) is 65.4 cm³/mol. The van der Waals surface area contributed by atoms with Crippen LogP contribution in [-0.4, -0.2) is 11.5 Å². The number of halogens is 1. The standard InChI is InChI=1S/C12H13FN2S/c1-9-8-11(13)3-2-10(9)4-5-14-12-15-6-7-16-12/h2-3,6-8H,4-5H2,1H3,(H,14,15). The van der Waals surface area contributed by atoms with Gasteiger partial charge in [0.05, 0.1) is 0 Å². The number of nitrogens with one attached hydrogen (secondary N) is 1. The predicted octanol–water partition coefficient (Wildman–Crippen LogP) is 3.25. The van der Waals surface area contributed by atoms with E-state index in [1.165, 1.54) is 11.6 Å². The van der Waals surface area contributed by atoms with Gasteiger partial charge < -0.3 is 5.32 Å². The van der Waals surface area contributed by atoms with E-state index < -0.39 is 0 Å². The topological polar surface area (TPSA) is 24.9 Å². The maximum absolute atomic E-state index is 12.9. The molecule has 0 aliphatic rings. The van der Waals surface area contributed by atoms with Gasteiger partial charge in [-0.2, -0.15) is 0 Å². The van der Waals surface area contributed by atoms with E-state index in [1.807, 2.05) is 18.4 Å². The molecule has 84 valence electrons. The van der Waals surface area contributed by atoms with Crippen LogP contribution >= 0.6 is 11.3 Å². The molecule has 0 spiro atoms. The molecular weight excluding hydrogens is 223 g/mol. The van der Waals surface area contributed by atoms with E-state index in [0.717, 1.165) is 23.7 Å². The van der Waals surface area contributed by atoms with Crippen LogP contribution in [0.4, 0.5) is 9.52 Å². The normalized spacial score (nSPS) is 10.4. The average molecular weight is 236 g/mol. The zero-order valence-electron chi connectivity index (χ0n) is 9.03. The summed E-state index contributed by atoms with van der Waals surface area (Å²) in [5, 5.41) is 6.09. The number of benzene rings is 1. The molecule has 0 atom stereocenters. The molecule has 0 amide bonds. The third-order valence-corrected chi connectivity index (χ3v) is 3.14. The Morgan fingerprint density at radius 2 is 2.31 bits per heavy atom. The van der Waals surface area contributed by atoms with Crippen molar-refractivity contribution in [3.05, 3.63) is 46.7 Å². The van der Waals surface area contributed by atoms with E-state index in [4.69, 9.17) is 0 Å². The number of hydrogen-bond donors (Lipinski definition) is 1. The molecule has 2 aromatic rings. The summed E-state index contributed by atoms with van der Waals surface area (Å²) in [4.78, 5) is 4.13. The summed E-state index contributed by atoms with van der Waals surface area (Å²) in [7, 11) is 0. The minimum atomic E-state index is -0.172. The van der Waals surface area contributed by atoms with Crippen molar-refractivity contribution >= 4 is 16.5 Å². The quantitative estimate of drug-likeness (QED) is 0.881. The Labute approximate surface area is 98.2 Å². The van der Waals surface area contributed by atoms with Gasteiger partial charge in [0.1, 0.15) is 5.82 Å². The van der Waals surface area contributed by atoms with Crippen LogP contribution in [0.1, 0.15) is 11.1 Å². The van der Waals surface area contributed by atoms with Gasteiger partial charge in [-0.3, -0.25) is 0 Å². The number of thiazole rings is 1. The Morgan fingerprint density at radius 1 is 1.44 bits per heavy atom. The van der Waals surface area contributed by atoms with E-state index in [0.29, 0.717) is 0 Å². The summed E-state index contributed by atoms with van der Waals surface area (Å²) in [6.45, 7) is 2.75. The van der Waals surface area contributed by atoms with E-state index in [2.05, 4.69) is 10.3 Å². The molecule has 0 aliphatic carbocycles. The summed E-state index contributed by atoms with van der Waals surface area (Å²) in [6.07, 6.45) is 2.65.